The Morgan fingerprint density at radius 3 is 2.63 bits per heavy atom. The minimum absolute atomic E-state index is 0.325. The van der Waals surface area contributed by atoms with E-state index in [1.807, 2.05) is 0 Å². The van der Waals surface area contributed by atoms with Crippen LogP contribution in [-0.2, 0) is 9.53 Å². The lowest BCUT2D eigenvalue weighted by atomic mass is 10.0. The maximum atomic E-state index is 11.6. The van der Waals surface area contributed by atoms with Crippen molar-refractivity contribution in [2.45, 2.75) is 44.2 Å². The zero-order chi connectivity index (χ0) is 13.9. The van der Waals surface area contributed by atoms with Gasteiger partial charge in [0.15, 0.2) is 0 Å². The number of methoxy groups -OCH3 is 1. The number of rotatable bonds is 4. The maximum absolute atomic E-state index is 11.6. The Kier molecular flexibility index (Phi) is 4.81. The molecular formula is C14H27N3O2. The highest BCUT2D eigenvalue weighted by atomic mass is 16.5. The van der Waals surface area contributed by atoms with E-state index >= 15 is 0 Å². The molecular weight excluding hydrogens is 242 g/mol. The van der Waals surface area contributed by atoms with E-state index in [-0.39, 0.29) is 5.97 Å². The topological polar surface area (TPSA) is 58.8 Å². The summed E-state index contributed by atoms with van der Waals surface area (Å²) >= 11 is 0. The van der Waals surface area contributed by atoms with E-state index in [0.717, 1.165) is 13.1 Å². The van der Waals surface area contributed by atoms with Gasteiger partial charge in [-0.3, -0.25) is 14.6 Å². The van der Waals surface area contributed by atoms with Crippen molar-refractivity contribution in [1.82, 2.24) is 9.80 Å². The summed E-state index contributed by atoms with van der Waals surface area (Å²) in [6, 6.07) is 0.647. The Morgan fingerprint density at radius 1 is 1.32 bits per heavy atom. The van der Waals surface area contributed by atoms with E-state index in [1.165, 1.54) is 45.9 Å². The molecule has 0 aromatic carbocycles. The van der Waals surface area contributed by atoms with E-state index in [4.69, 9.17) is 10.5 Å². The van der Waals surface area contributed by atoms with Crippen LogP contribution in [0.15, 0.2) is 0 Å². The molecule has 2 aliphatic heterocycles. The number of carbonyl (C=O) groups is 1. The monoisotopic (exact) mass is 269 g/mol. The van der Waals surface area contributed by atoms with Crippen LogP contribution in [0.1, 0.15) is 32.6 Å². The van der Waals surface area contributed by atoms with Gasteiger partial charge in [-0.05, 0) is 45.8 Å². The van der Waals surface area contributed by atoms with Crippen LogP contribution in [0.3, 0.4) is 0 Å². The van der Waals surface area contributed by atoms with Crippen LogP contribution in [0.2, 0.25) is 0 Å². The van der Waals surface area contributed by atoms with Crippen LogP contribution in [0.5, 0.6) is 0 Å². The molecule has 2 aliphatic rings. The summed E-state index contributed by atoms with van der Waals surface area (Å²) < 4.78 is 4.77. The molecule has 2 rings (SSSR count). The second kappa shape index (κ2) is 6.20. The van der Waals surface area contributed by atoms with Gasteiger partial charge in [0.05, 0.1) is 7.11 Å². The molecule has 2 unspecified atom stereocenters. The summed E-state index contributed by atoms with van der Waals surface area (Å²) in [6.07, 6.45) is 5.22. The first-order valence-electron chi connectivity index (χ1n) is 7.36. The minimum Gasteiger partial charge on any atom is -0.468 e. The normalized spacial score (nSPS) is 29.1. The molecule has 0 bridgehead atoms. The third-order valence-electron chi connectivity index (χ3n) is 4.36. The average molecular weight is 269 g/mol. The third-order valence-corrected chi connectivity index (χ3v) is 4.36. The first-order chi connectivity index (χ1) is 9.03. The molecule has 2 N–H and O–H groups in total. The van der Waals surface area contributed by atoms with E-state index in [1.54, 1.807) is 6.92 Å². The van der Waals surface area contributed by atoms with E-state index < -0.39 is 5.54 Å². The van der Waals surface area contributed by atoms with Gasteiger partial charge in [-0.25, -0.2) is 0 Å². The third kappa shape index (κ3) is 3.68. The second-order valence-corrected chi connectivity index (χ2v) is 6.18. The lowest BCUT2D eigenvalue weighted by Gasteiger charge is -2.33. The number of nitrogens with two attached hydrogens (primary N) is 1. The predicted octanol–water partition coefficient (Wildman–Crippen LogP) is 0.437. The highest BCUT2D eigenvalue weighted by Gasteiger charge is 2.36. The fourth-order valence-corrected chi connectivity index (χ4v) is 3.30. The molecule has 0 saturated carbocycles. The maximum Gasteiger partial charge on any atom is 0.326 e. The summed E-state index contributed by atoms with van der Waals surface area (Å²) in [4.78, 5) is 16.5. The number of likely N-dealkylation sites (tertiary alicyclic amines) is 2. The van der Waals surface area contributed by atoms with Gasteiger partial charge in [-0.2, -0.15) is 0 Å². The molecule has 0 aliphatic carbocycles. The molecule has 2 saturated heterocycles. The number of nitrogens with zero attached hydrogens (tertiary/aromatic N) is 2. The Labute approximate surface area is 116 Å². The van der Waals surface area contributed by atoms with E-state index in [2.05, 4.69) is 9.80 Å². The zero-order valence-electron chi connectivity index (χ0n) is 12.2. The largest absolute Gasteiger partial charge is 0.468 e. The minimum atomic E-state index is -0.897. The summed E-state index contributed by atoms with van der Waals surface area (Å²) in [7, 11) is 1.40. The summed E-state index contributed by atoms with van der Waals surface area (Å²) in [5.41, 5.74) is 5.15. The van der Waals surface area contributed by atoms with Gasteiger partial charge >= 0.3 is 5.97 Å². The molecule has 0 radical (unpaired) electrons. The standard InChI is InChI=1S/C14H27N3O2/c1-14(15,13(18)19-2)11-16-9-6-12(10-16)17-7-4-3-5-8-17/h12H,3-11,15H2,1-2H3. The summed E-state index contributed by atoms with van der Waals surface area (Å²) in [5.74, 6) is -0.325. The Bertz CT molecular complexity index is 314. The number of hydrogen-bond acceptors (Lipinski definition) is 5. The highest BCUT2D eigenvalue weighted by Crippen LogP contribution is 2.21. The van der Waals surface area contributed by atoms with Crippen molar-refractivity contribution in [3.05, 3.63) is 0 Å². The Morgan fingerprint density at radius 2 is 2.00 bits per heavy atom. The predicted molar refractivity (Wildman–Crippen MR) is 74.9 cm³/mol. The van der Waals surface area contributed by atoms with E-state index in [9.17, 15) is 4.79 Å². The summed E-state index contributed by atoms with van der Waals surface area (Å²) in [5, 5.41) is 0. The van der Waals surface area contributed by atoms with Crippen molar-refractivity contribution >= 4 is 5.97 Å². The van der Waals surface area contributed by atoms with Crippen LogP contribution in [0.4, 0.5) is 0 Å². The summed E-state index contributed by atoms with van der Waals surface area (Å²) in [6.45, 7) is 6.87. The molecule has 0 aromatic heterocycles. The van der Waals surface area contributed by atoms with Crippen molar-refractivity contribution in [3.8, 4) is 0 Å². The lowest BCUT2D eigenvalue weighted by Crippen LogP contribution is -2.54. The van der Waals surface area contributed by atoms with Crippen molar-refractivity contribution in [1.29, 1.82) is 0 Å². The quantitative estimate of drug-likeness (QED) is 0.750. The molecule has 5 nitrogen and oxygen atoms in total. The molecule has 2 fully saturated rings. The van der Waals surface area contributed by atoms with Crippen LogP contribution in [-0.4, -0.2) is 67.2 Å². The number of esters is 1. The van der Waals surface area contributed by atoms with Gasteiger partial charge in [0, 0.05) is 19.1 Å². The van der Waals surface area contributed by atoms with Crippen molar-refractivity contribution in [3.63, 3.8) is 0 Å². The molecule has 19 heavy (non-hydrogen) atoms. The van der Waals surface area contributed by atoms with Crippen LogP contribution in [0.25, 0.3) is 0 Å². The average Bonchev–Trinajstić information content (AvgIpc) is 2.86. The van der Waals surface area contributed by atoms with Gasteiger partial charge in [0.2, 0.25) is 0 Å². The number of piperidine rings is 1. The molecule has 0 amide bonds. The number of ether oxygens (including phenoxy) is 1. The van der Waals surface area contributed by atoms with Crippen molar-refractivity contribution < 1.29 is 9.53 Å². The van der Waals surface area contributed by atoms with Crippen LogP contribution >= 0.6 is 0 Å². The fraction of sp³-hybridized carbons (Fsp3) is 0.929. The van der Waals surface area contributed by atoms with Crippen molar-refractivity contribution in [2.75, 3.05) is 39.8 Å². The fourth-order valence-electron chi connectivity index (χ4n) is 3.30. The van der Waals surface area contributed by atoms with Crippen molar-refractivity contribution in [2.24, 2.45) is 5.73 Å². The van der Waals surface area contributed by atoms with E-state index in [0.29, 0.717) is 12.6 Å². The zero-order valence-corrected chi connectivity index (χ0v) is 12.2. The van der Waals surface area contributed by atoms with Gasteiger partial charge in [0.25, 0.3) is 0 Å². The first-order valence-corrected chi connectivity index (χ1v) is 7.36. The molecule has 0 spiro atoms. The lowest BCUT2D eigenvalue weighted by molar-refractivity contribution is -0.147. The van der Waals surface area contributed by atoms with Crippen LogP contribution in [0, 0.1) is 0 Å². The first kappa shape index (κ1) is 14.8. The van der Waals surface area contributed by atoms with Gasteiger partial charge in [-0.15, -0.1) is 0 Å². The van der Waals surface area contributed by atoms with Crippen LogP contribution < -0.4 is 5.73 Å². The SMILES string of the molecule is COC(=O)C(C)(N)CN1CCC(N2CCCCC2)C1. The molecule has 2 heterocycles. The number of carbonyl (C=O) groups excluding carboxylic acids is 1. The number of hydrogen-bond donors (Lipinski definition) is 1. The van der Waals surface area contributed by atoms with Gasteiger partial charge in [0.1, 0.15) is 5.54 Å². The van der Waals surface area contributed by atoms with Gasteiger partial charge < -0.3 is 10.5 Å². The Balaban J connectivity index is 1.83. The molecule has 2 atom stereocenters. The molecule has 5 heteroatoms. The molecule has 110 valence electrons. The molecule has 0 aromatic rings. The van der Waals surface area contributed by atoms with Gasteiger partial charge in [-0.1, -0.05) is 6.42 Å². The Hall–Kier alpha value is -0.650. The smallest absolute Gasteiger partial charge is 0.326 e. The second-order valence-electron chi connectivity index (χ2n) is 6.18. The highest BCUT2D eigenvalue weighted by molar-refractivity contribution is 5.80.